The highest BCUT2D eigenvalue weighted by atomic mass is 16.5. The fraction of sp³-hybridized carbons (Fsp3) is 0.964. The fourth-order valence-electron chi connectivity index (χ4n) is 4.33. The molecule has 195 valence electrons. The van der Waals surface area contributed by atoms with Gasteiger partial charge in [0.25, 0.3) is 0 Å². The summed E-state index contributed by atoms with van der Waals surface area (Å²) < 4.78 is 5.70. The molecule has 4 nitrogen and oxygen atoms in total. The van der Waals surface area contributed by atoms with Crippen LogP contribution in [-0.2, 0) is 9.53 Å². The Morgan fingerprint density at radius 1 is 0.788 bits per heavy atom. The minimum atomic E-state index is 0.0593. The molecule has 0 aromatic rings. The van der Waals surface area contributed by atoms with Crippen molar-refractivity contribution in [2.24, 2.45) is 5.92 Å². The van der Waals surface area contributed by atoms with E-state index in [9.17, 15) is 4.79 Å². The van der Waals surface area contributed by atoms with E-state index in [0.717, 1.165) is 77.2 Å². The lowest BCUT2D eigenvalue weighted by atomic mass is 9.72. The second-order valence-electron chi connectivity index (χ2n) is 9.73. The highest BCUT2D eigenvalue weighted by molar-refractivity contribution is 6.35. The van der Waals surface area contributed by atoms with E-state index in [1.54, 1.807) is 0 Å². The molecule has 0 amide bonds. The second-order valence-corrected chi connectivity index (χ2v) is 9.73. The third kappa shape index (κ3) is 21.7. The molecule has 1 radical (unpaired) electrons. The Labute approximate surface area is 207 Å². The third-order valence-corrected chi connectivity index (χ3v) is 6.66. The summed E-state index contributed by atoms with van der Waals surface area (Å²) >= 11 is 0. The monoisotopic (exact) mass is 466 g/mol. The van der Waals surface area contributed by atoms with Crippen molar-refractivity contribution in [2.45, 2.75) is 136 Å². The minimum Gasteiger partial charge on any atom is -0.465 e. The maximum Gasteiger partial charge on any atom is 0.308 e. The Kier molecular flexibility index (Phi) is 25.6. The molecule has 1 N–H and O–H groups in total. The first-order valence-electron chi connectivity index (χ1n) is 14.5. The zero-order valence-electron chi connectivity index (χ0n) is 22.6. The molecule has 0 saturated heterocycles. The van der Waals surface area contributed by atoms with Crippen LogP contribution in [0, 0.1) is 5.92 Å². The maximum absolute atomic E-state index is 12.7. The lowest BCUT2D eigenvalue weighted by Gasteiger charge is -2.20. The van der Waals surface area contributed by atoms with Crippen LogP contribution in [0.3, 0.4) is 0 Å². The first-order chi connectivity index (χ1) is 16.2. The summed E-state index contributed by atoms with van der Waals surface area (Å²) in [6, 6.07) is 0. The van der Waals surface area contributed by atoms with Crippen LogP contribution in [0.1, 0.15) is 130 Å². The molecule has 1 atom stereocenters. The van der Waals surface area contributed by atoms with Gasteiger partial charge in [-0.15, -0.1) is 0 Å². The molecule has 33 heavy (non-hydrogen) atoms. The highest BCUT2D eigenvalue weighted by Gasteiger charge is 2.19. The van der Waals surface area contributed by atoms with Crippen LogP contribution in [0.4, 0.5) is 0 Å². The number of carbonyl (C=O) groups is 1. The summed E-state index contributed by atoms with van der Waals surface area (Å²) in [7, 11) is 2.37. The van der Waals surface area contributed by atoms with E-state index in [4.69, 9.17) is 9.84 Å². The van der Waals surface area contributed by atoms with E-state index in [1.165, 1.54) is 57.8 Å². The van der Waals surface area contributed by atoms with E-state index >= 15 is 0 Å². The van der Waals surface area contributed by atoms with Gasteiger partial charge in [0.15, 0.2) is 0 Å². The molecule has 1 unspecified atom stereocenters. The maximum atomic E-state index is 12.7. The van der Waals surface area contributed by atoms with Crippen LogP contribution in [-0.4, -0.2) is 56.0 Å². The van der Waals surface area contributed by atoms with Crippen molar-refractivity contribution in [3.63, 3.8) is 0 Å². The summed E-state index contributed by atoms with van der Waals surface area (Å²) in [6.07, 6.45) is 22.0. The van der Waals surface area contributed by atoms with Gasteiger partial charge < -0.3 is 14.7 Å². The number of aliphatic hydroxyl groups excluding tert-OH is 1. The number of rotatable bonds is 26. The number of hydrogen-bond acceptors (Lipinski definition) is 4. The molecule has 0 saturated carbocycles. The zero-order chi connectivity index (χ0) is 24.4. The van der Waals surface area contributed by atoms with E-state index in [0.29, 0.717) is 13.2 Å². The lowest BCUT2D eigenvalue weighted by molar-refractivity contribution is -0.149. The Morgan fingerprint density at radius 2 is 1.39 bits per heavy atom. The van der Waals surface area contributed by atoms with Crippen molar-refractivity contribution in [3.05, 3.63) is 0 Å². The molecule has 5 heteroatoms. The number of ether oxygens (including phenoxy) is 1. The quantitative estimate of drug-likeness (QED) is 0.0831. The van der Waals surface area contributed by atoms with Crippen LogP contribution in [0.25, 0.3) is 0 Å². The molecular formula is C28H57BNO3. The zero-order valence-corrected chi connectivity index (χ0v) is 22.6. The molecule has 0 spiro atoms. The number of aliphatic hydroxyl groups is 1. The predicted octanol–water partition coefficient (Wildman–Crippen LogP) is 7.21. The SMILES string of the molecule is CCCCCCCCC(CCCCCC)C(=O)OCCCC[B]CN(CC)CCCCCO. The standard InChI is InChI=1S/C28H57BNO3/c1-4-7-9-11-12-15-21-27(20-14-10-8-5-2)28(32)33-25-19-16-22-29-26-30(6-3)23-17-13-18-24-31/h27,31H,4-26H2,1-3H3. The van der Waals surface area contributed by atoms with Gasteiger partial charge in [0.05, 0.1) is 12.5 Å². The predicted molar refractivity (Wildman–Crippen MR) is 144 cm³/mol. The average Bonchev–Trinajstić information content (AvgIpc) is 2.83. The first kappa shape index (κ1) is 32.5. The smallest absolute Gasteiger partial charge is 0.308 e. The Bertz CT molecular complexity index is 409. The van der Waals surface area contributed by atoms with Gasteiger partial charge in [-0.05, 0) is 58.1 Å². The van der Waals surface area contributed by atoms with Crippen LogP contribution < -0.4 is 0 Å². The summed E-state index contributed by atoms with van der Waals surface area (Å²) in [5.41, 5.74) is 0. The molecular weight excluding hydrogens is 409 g/mol. The molecule has 0 aromatic heterocycles. The van der Waals surface area contributed by atoms with Gasteiger partial charge >= 0.3 is 5.97 Å². The van der Waals surface area contributed by atoms with Gasteiger partial charge in [0, 0.05) is 6.61 Å². The van der Waals surface area contributed by atoms with Crippen molar-refractivity contribution in [2.75, 3.05) is 32.7 Å². The van der Waals surface area contributed by atoms with Gasteiger partial charge in [-0.2, -0.15) is 0 Å². The lowest BCUT2D eigenvalue weighted by Crippen LogP contribution is -2.29. The van der Waals surface area contributed by atoms with Gasteiger partial charge in [0.2, 0.25) is 0 Å². The van der Waals surface area contributed by atoms with Crippen molar-refractivity contribution in [3.8, 4) is 0 Å². The van der Waals surface area contributed by atoms with E-state index in [2.05, 4.69) is 33.0 Å². The van der Waals surface area contributed by atoms with Crippen molar-refractivity contribution in [1.29, 1.82) is 0 Å². The Hall–Kier alpha value is -0.545. The highest BCUT2D eigenvalue weighted by Crippen LogP contribution is 2.20. The van der Waals surface area contributed by atoms with E-state index in [1.807, 2.05) is 0 Å². The summed E-state index contributed by atoms with van der Waals surface area (Å²) in [4.78, 5) is 15.1. The third-order valence-electron chi connectivity index (χ3n) is 6.66. The number of esters is 1. The number of unbranched alkanes of at least 4 members (excludes halogenated alkanes) is 11. The molecule has 0 fully saturated rings. The van der Waals surface area contributed by atoms with Gasteiger partial charge in [-0.3, -0.25) is 4.79 Å². The fourth-order valence-corrected chi connectivity index (χ4v) is 4.33. The van der Waals surface area contributed by atoms with Crippen molar-refractivity contribution >= 4 is 13.2 Å². The molecule has 0 rings (SSSR count). The van der Waals surface area contributed by atoms with Crippen LogP contribution >= 0.6 is 0 Å². The number of nitrogens with zero attached hydrogens (tertiary/aromatic N) is 1. The molecule has 0 aromatic carbocycles. The minimum absolute atomic E-state index is 0.0593. The van der Waals surface area contributed by atoms with Crippen LogP contribution in [0.15, 0.2) is 0 Å². The van der Waals surface area contributed by atoms with Crippen molar-refractivity contribution in [1.82, 2.24) is 4.90 Å². The second kappa shape index (κ2) is 26.1. The normalized spacial score (nSPS) is 12.3. The summed E-state index contributed by atoms with van der Waals surface area (Å²) in [6.45, 7) is 9.77. The molecule has 0 aliphatic carbocycles. The first-order valence-corrected chi connectivity index (χ1v) is 14.5. The molecule has 0 aliphatic heterocycles. The van der Waals surface area contributed by atoms with E-state index in [-0.39, 0.29) is 11.9 Å². The molecule has 0 bridgehead atoms. The van der Waals surface area contributed by atoms with Crippen LogP contribution in [0.5, 0.6) is 0 Å². The van der Waals surface area contributed by atoms with Gasteiger partial charge in [0.1, 0.15) is 7.28 Å². The number of carbonyl (C=O) groups excluding carboxylic acids is 1. The van der Waals surface area contributed by atoms with Crippen molar-refractivity contribution < 1.29 is 14.6 Å². The van der Waals surface area contributed by atoms with Gasteiger partial charge in [-0.1, -0.05) is 97.7 Å². The Balaban J connectivity index is 3.97. The van der Waals surface area contributed by atoms with E-state index < -0.39 is 0 Å². The molecule has 0 aliphatic rings. The summed E-state index contributed by atoms with van der Waals surface area (Å²) in [5.74, 6) is 0.174. The molecule has 0 heterocycles. The average molecular weight is 467 g/mol. The Morgan fingerprint density at radius 3 is 2.03 bits per heavy atom. The summed E-state index contributed by atoms with van der Waals surface area (Å²) in [5, 5.41) is 8.88. The van der Waals surface area contributed by atoms with Gasteiger partial charge in [-0.25, -0.2) is 0 Å². The largest absolute Gasteiger partial charge is 0.465 e. The number of hydrogen-bond donors (Lipinski definition) is 1. The topological polar surface area (TPSA) is 49.8 Å². The van der Waals surface area contributed by atoms with Crippen LogP contribution in [0.2, 0.25) is 6.32 Å².